The number of anilines is 1. The number of rotatable bonds is 9. The van der Waals surface area contributed by atoms with Crippen LogP contribution in [0.5, 0.6) is 0 Å². The van der Waals surface area contributed by atoms with Crippen molar-refractivity contribution < 1.29 is 14.0 Å². The molecule has 35 heavy (non-hydrogen) atoms. The molecule has 0 aliphatic heterocycles. The molecule has 3 amide bonds. The van der Waals surface area contributed by atoms with Crippen LogP contribution in [0.4, 0.5) is 14.9 Å². The van der Waals surface area contributed by atoms with Crippen LogP contribution in [-0.2, 0) is 17.9 Å². The SMILES string of the molecule is Cc1ccsc1CN(Cc1ccc(F)cc1)C(=O)CN(CC(C)C)C(=O)Nc1c(C)cccc1C. The number of carbonyl (C=O) groups is 2. The Labute approximate surface area is 211 Å². The second-order valence-corrected chi connectivity index (χ2v) is 10.4. The van der Waals surface area contributed by atoms with Crippen molar-refractivity contribution in [3.05, 3.63) is 86.9 Å². The van der Waals surface area contributed by atoms with Crippen LogP contribution in [0.15, 0.2) is 53.9 Å². The van der Waals surface area contributed by atoms with Gasteiger partial charge in [-0.3, -0.25) is 4.79 Å². The zero-order valence-electron chi connectivity index (χ0n) is 21.1. The van der Waals surface area contributed by atoms with Gasteiger partial charge in [-0.1, -0.05) is 44.2 Å². The maximum absolute atomic E-state index is 13.6. The second-order valence-electron chi connectivity index (χ2n) is 9.37. The number of hydrogen-bond donors (Lipinski definition) is 1. The number of thiophene rings is 1. The summed E-state index contributed by atoms with van der Waals surface area (Å²) in [5.41, 5.74) is 4.68. The third-order valence-electron chi connectivity index (χ3n) is 5.85. The minimum Gasteiger partial charge on any atom is -0.332 e. The van der Waals surface area contributed by atoms with Crippen molar-refractivity contribution in [1.82, 2.24) is 9.80 Å². The fourth-order valence-corrected chi connectivity index (χ4v) is 4.82. The number of hydrogen-bond acceptors (Lipinski definition) is 3. The predicted molar refractivity (Wildman–Crippen MR) is 141 cm³/mol. The van der Waals surface area contributed by atoms with Gasteiger partial charge in [0.25, 0.3) is 0 Å². The summed E-state index contributed by atoms with van der Waals surface area (Å²) in [5.74, 6) is -0.275. The highest BCUT2D eigenvalue weighted by molar-refractivity contribution is 7.10. The monoisotopic (exact) mass is 495 g/mol. The second kappa shape index (κ2) is 12.0. The Hall–Kier alpha value is -3.19. The van der Waals surface area contributed by atoms with E-state index in [4.69, 9.17) is 0 Å². The Kier molecular flexibility index (Phi) is 9.04. The minimum absolute atomic E-state index is 0.0411. The summed E-state index contributed by atoms with van der Waals surface area (Å²) in [6.07, 6.45) is 0. The molecule has 0 aliphatic rings. The van der Waals surface area contributed by atoms with Gasteiger partial charge in [0, 0.05) is 23.7 Å². The van der Waals surface area contributed by atoms with Gasteiger partial charge in [-0.25, -0.2) is 9.18 Å². The zero-order valence-corrected chi connectivity index (χ0v) is 21.9. The molecule has 0 fully saturated rings. The summed E-state index contributed by atoms with van der Waals surface area (Å²) in [6.45, 7) is 11.2. The normalized spacial score (nSPS) is 10.9. The van der Waals surface area contributed by atoms with Gasteiger partial charge < -0.3 is 15.1 Å². The lowest BCUT2D eigenvalue weighted by molar-refractivity contribution is -0.133. The van der Waals surface area contributed by atoms with E-state index in [0.717, 1.165) is 32.8 Å². The lowest BCUT2D eigenvalue weighted by Crippen LogP contribution is -2.45. The molecule has 1 N–H and O–H groups in total. The van der Waals surface area contributed by atoms with Gasteiger partial charge in [0.2, 0.25) is 5.91 Å². The van der Waals surface area contributed by atoms with Crippen molar-refractivity contribution in [2.75, 3.05) is 18.4 Å². The van der Waals surface area contributed by atoms with Crippen molar-refractivity contribution in [2.24, 2.45) is 5.92 Å². The minimum atomic E-state index is -0.313. The van der Waals surface area contributed by atoms with Gasteiger partial charge in [-0.05, 0) is 72.5 Å². The zero-order chi connectivity index (χ0) is 25.5. The largest absolute Gasteiger partial charge is 0.332 e. The topological polar surface area (TPSA) is 52.7 Å². The highest BCUT2D eigenvalue weighted by Crippen LogP contribution is 2.22. The van der Waals surface area contributed by atoms with Crippen LogP contribution < -0.4 is 5.32 Å². The van der Waals surface area contributed by atoms with Crippen molar-refractivity contribution in [3.63, 3.8) is 0 Å². The van der Waals surface area contributed by atoms with Crippen LogP contribution >= 0.6 is 11.3 Å². The average Bonchev–Trinajstić information content (AvgIpc) is 3.20. The summed E-state index contributed by atoms with van der Waals surface area (Å²) in [4.78, 5) is 31.3. The highest BCUT2D eigenvalue weighted by Gasteiger charge is 2.24. The number of para-hydroxylation sites is 1. The summed E-state index contributed by atoms with van der Waals surface area (Å²) < 4.78 is 13.4. The standard InChI is InChI=1S/C28H34FN3O2S/c1-19(2)15-32(28(34)30-27-21(4)7-6-8-22(27)5)18-26(33)31(17-25-20(3)13-14-35-25)16-23-9-11-24(29)12-10-23/h6-14,19H,15-18H2,1-5H3,(H,30,34). The molecular formula is C28H34FN3O2S. The molecule has 186 valence electrons. The summed E-state index contributed by atoms with van der Waals surface area (Å²) in [5, 5.41) is 5.02. The number of aryl methyl sites for hydroxylation is 3. The van der Waals surface area contributed by atoms with Gasteiger partial charge in [-0.15, -0.1) is 11.3 Å². The molecule has 0 radical (unpaired) electrons. The number of nitrogens with one attached hydrogen (secondary N) is 1. The van der Waals surface area contributed by atoms with Gasteiger partial charge in [0.05, 0.1) is 6.54 Å². The molecule has 0 saturated carbocycles. The molecular weight excluding hydrogens is 461 g/mol. The Morgan fingerprint density at radius 2 is 1.57 bits per heavy atom. The molecule has 0 atom stereocenters. The fraction of sp³-hybridized carbons (Fsp3) is 0.357. The van der Waals surface area contributed by atoms with E-state index in [1.54, 1.807) is 33.3 Å². The van der Waals surface area contributed by atoms with E-state index < -0.39 is 0 Å². The molecule has 1 heterocycles. The maximum Gasteiger partial charge on any atom is 0.322 e. The van der Waals surface area contributed by atoms with Gasteiger partial charge >= 0.3 is 6.03 Å². The van der Waals surface area contributed by atoms with E-state index in [9.17, 15) is 14.0 Å². The van der Waals surface area contributed by atoms with Crippen LogP contribution in [0.2, 0.25) is 0 Å². The number of urea groups is 1. The van der Waals surface area contributed by atoms with Crippen molar-refractivity contribution in [1.29, 1.82) is 0 Å². The number of amides is 3. The molecule has 0 spiro atoms. The van der Waals surface area contributed by atoms with Gasteiger partial charge in [0.1, 0.15) is 12.4 Å². The first kappa shape index (κ1) is 26.4. The summed E-state index contributed by atoms with van der Waals surface area (Å²) >= 11 is 1.60. The lowest BCUT2D eigenvalue weighted by Gasteiger charge is -2.29. The third-order valence-corrected chi connectivity index (χ3v) is 6.86. The van der Waals surface area contributed by atoms with Crippen molar-refractivity contribution in [2.45, 2.75) is 47.7 Å². The third kappa shape index (κ3) is 7.39. The number of halogens is 1. The summed E-state index contributed by atoms with van der Waals surface area (Å²) in [6, 6.07) is 13.8. The molecule has 1 aromatic heterocycles. The highest BCUT2D eigenvalue weighted by atomic mass is 32.1. The molecule has 2 aromatic carbocycles. The Balaban J connectivity index is 1.81. The summed E-state index contributed by atoms with van der Waals surface area (Å²) in [7, 11) is 0. The van der Waals surface area contributed by atoms with Crippen LogP contribution in [0.1, 0.15) is 41.0 Å². The molecule has 3 rings (SSSR count). The lowest BCUT2D eigenvalue weighted by atomic mass is 10.1. The van der Waals surface area contributed by atoms with E-state index in [-0.39, 0.29) is 30.2 Å². The van der Waals surface area contributed by atoms with E-state index in [1.165, 1.54) is 12.1 Å². The van der Waals surface area contributed by atoms with E-state index in [0.29, 0.717) is 19.6 Å². The van der Waals surface area contributed by atoms with Gasteiger partial charge in [-0.2, -0.15) is 0 Å². The van der Waals surface area contributed by atoms with Crippen molar-refractivity contribution >= 4 is 29.0 Å². The Morgan fingerprint density at radius 1 is 0.914 bits per heavy atom. The maximum atomic E-state index is 13.6. The van der Waals surface area contributed by atoms with E-state index in [1.807, 2.05) is 64.3 Å². The molecule has 0 saturated heterocycles. The first-order valence-electron chi connectivity index (χ1n) is 11.8. The first-order valence-corrected chi connectivity index (χ1v) is 12.7. The van der Waals surface area contributed by atoms with E-state index >= 15 is 0 Å². The molecule has 0 unspecified atom stereocenters. The molecule has 7 heteroatoms. The van der Waals surface area contributed by atoms with Crippen LogP contribution in [0.3, 0.4) is 0 Å². The van der Waals surface area contributed by atoms with Crippen molar-refractivity contribution in [3.8, 4) is 0 Å². The van der Waals surface area contributed by atoms with Crippen LogP contribution in [0.25, 0.3) is 0 Å². The molecule has 0 bridgehead atoms. The predicted octanol–water partition coefficient (Wildman–Crippen LogP) is 6.53. The quantitative estimate of drug-likeness (QED) is 0.367. The molecule has 0 aliphatic carbocycles. The van der Waals surface area contributed by atoms with E-state index in [2.05, 4.69) is 5.32 Å². The number of nitrogens with zero attached hydrogens (tertiary/aromatic N) is 2. The van der Waals surface area contributed by atoms with Crippen LogP contribution in [-0.4, -0.2) is 34.8 Å². The number of benzene rings is 2. The average molecular weight is 496 g/mol. The number of carbonyl (C=O) groups excluding carboxylic acids is 2. The molecule has 3 aromatic rings. The Morgan fingerprint density at radius 3 is 2.14 bits per heavy atom. The first-order chi connectivity index (χ1) is 16.6. The smallest absolute Gasteiger partial charge is 0.322 e. The Bertz CT molecular complexity index is 1140. The van der Waals surface area contributed by atoms with Gasteiger partial charge in [0.15, 0.2) is 0 Å². The van der Waals surface area contributed by atoms with Crippen LogP contribution in [0, 0.1) is 32.5 Å². The molecule has 5 nitrogen and oxygen atoms in total. The fourth-order valence-electron chi connectivity index (χ4n) is 3.90.